The second kappa shape index (κ2) is 6.04. The number of carboxylic acids is 1. The second-order valence-electron chi connectivity index (χ2n) is 7.99. The molecule has 0 radical (unpaired) electrons. The highest BCUT2D eigenvalue weighted by Gasteiger charge is 2.72. The summed E-state index contributed by atoms with van der Waals surface area (Å²) in [6, 6.07) is 8.84. The molecule has 0 aromatic heterocycles. The molecule has 1 spiro atoms. The number of carbonyl (C=O) groups is 2. The van der Waals surface area contributed by atoms with E-state index in [1.165, 1.54) is 29.2 Å². The predicted octanol–water partition coefficient (Wildman–Crippen LogP) is 3.27. The molecule has 2 aliphatic rings. The standard InChI is InChI=1S/C21H21FN2O4/c1-20(2)11-21(20)16-9-13(22)3-4-17(16)24(19(21)28)15-8-12(18(26)27)7-14(10-15)23-5-6-25/h3-4,7-10,23,25H,5-6,11H2,1-2H3,(H,26,27)/t21-/m0/s1. The molecule has 2 aromatic carbocycles. The van der Waals surface area contributed by atoms with Crippen LogP contribution in [0.2, 0.25) is 0 Å². The van der Waals surface area contributed by atoms with E-state index in [2.05, 4.69) is 5.32 Å². The summed E-state index contributed by atoms with van der Waals surface area (Å²) in [6.45, 7) is 4.08. The SMILES string of the molecule is CC1(C)C[C@]12C(=O)N(c1cc(NCCO)cc(C(=O)O)c1)c1ccc(F)cc12. The summed E-state index contributed by atoms with van der Waals surface area (Å²) >= 11 is 0. The first-order valence-corrected chi connectivity index (χ1v) is 9.09. The highest BCUT2D eigenvalue weighted by molar-refractivity contribution is 6.16. The zero-order chi connectivity index (χ0) is 20.3. The Hall–Kier alpha value is -2.93. The van der Waals surface area contributed by atoms with Gasteiger partial charge in [-0.05, 0) is 53.8 Å². The fraction of sp³-hybridized carbons (Fsp3) is 0.333. The van der Waals surface area contributed by atoms with Gasteiger partial charge in [-0.3, -0.25) is 9.69 Å². The molecule has 1 fully saturated rings. The summed E-state index contributed by atoms with van der Waals surface area (Å²) in [4.78, 5) is 26.5. The van der Waals surface area contributed by atoms with E-state index in [4.69, 9.17) is 5.11 Å². The third-order valence-electron chi connectivity index (χ3n) is 5.83. The van der Waals surface area contributed by atoms with Gasteiger partial charge in [0.1, 0.15) is 5.82 Å². The van der Waals surface area contributed by atoms with Gasteiger partial charge in [0.05, 0.1) is 29.0 Å². The van der Waals surface area contributed by atoms with Gasteiger partial charge < -0.3 is 15.5 Å². The zero-order valence-corrected chi connectivity index (χ0v) is 15.6. The number of aliphatic hydroxyl groups excluding tert-OH is 1. The molecule has 1 heterocycles. The van der Waals surface area contributed by atoms with E-state index in [1.807, 2.05) is 13.8 Å². The Morgan fingerprint density at radius 1 is 1.25 bits per heavy atom. The molecule has 7 heteroatoms. The quantitative estimate of drug-likeness (QED) is 0.736. The van der Waals surface area contributed by atoms with E-state index < -0.39 is 17.2 Å². The topological polar surface area (TPSA) is 89.9 Å². The second-order valence-corrected chi connectivity index (χ2v) is 7.99. The van der Waals surface area contributed by atoms with E-state index in [9.17, 15) is 19.1 Å². The average Bonchev–Trinajstić information content (AvgIpc) is 3.15. The minimum atomic E-state index is -1.12. The number of carbonyl (C=O) groups excluding carboxylic acids is 1. The Bertz CT molecular complexity index is 1000. The molecule has 3 N–H and O–H groups in total. The monoisotopic (exact) mass is 384 g/mol. The number of fused-ring (bicyclic) bond motifs is 2. The third-order valence-corrected chi connectivity index (χ3v) is 5.83. The van der Waals surface area contributed by atoms with E-state index in [0.29, 0.717) is 29.0 Å². The van der Waals surface area contributed by atoms with Gasteiger partial charge in [-0.1, -0.05) is 13.8 Å². The molecular formula is C21H21FN2O4. The molecular weight excluding hydrogens is 363 g/mol. The zero-order valence-electron chi connectivity index (χ0n) is 15.6. The highest BCUT2D eigenvalue weighted by atomic mass is 19.1. The van der Waals surface area contributed by atoms with Gasteiger partial charge in [-0.2, -0.15) is 0 Å². The lowest BCUT2D eigenvalue weighted by molar-refractivity contribution is -0.120. The Kier molecular flexibility index (Phi) is 3.97. The van der Waals surface area contributed by atoms with E-state index in [-0.39, 0.29) is 30.0 Å². The number of aromatic carboxylic acids is 1. The van der Waals surface area contributed by atoms with Gasteiger partial charge in [0.25, 0.3) is 0 Å². The molecule has 1 aliphatic heterocycles. The minimum Gasteiger partial charge on any atom is -0.478 e. The lowest BCUT2D eigenvalue weighted by Crippen LogP contribution is -2.31. The number of nitrogens with zero attached hydrogens (tertiary/aromatic N) is 1. The van der Waals surface area contributed by atoms with Crippen molar-refractivity contribution in [2.75, 3.05) is 23.4 Å². The summed E-state index contributed by atoms with van der Waals surface area (Å²) < 4.78 is 14.0. The summed E-state index contributed by atoms with van der Waals surface area (Å²) in [6.07, 6.45) is 0.611. The molecule has 28 heavy (non-hydrogen) atoms. The van der Waals surface area contributed by atoms with Crippen LogP contribution in [0.3, 0.4) is 0 Å². The summed E-state index contributed by atoms with van der Waals surface area (Å²) in [5, 5.41) is 21.5. The largest absolute Gasteiger partial charge is 0.478 e. The van der Waals surface area contributed by atoms with Crippen LogP contribution in [0.4, 0.5) is 21.5 Å². The van der Waals surface area contributed by atoms with Crippen LogP contribution in [-0.2, 0) is 10.2 Å². The molecule has 1 atom stereocenters. The van der Waals surface area contributed by atoms with Gasteiger partial charge in [0.15, 0.2) is 0 Å². The van der Waals surface area contributed by atoms with Crippen molar-refractivity contribution in [2.45, 2.75) is 25.7 Å². The van der Waals surface area contributed by atoms with Crippen LogP contribution < -0.4 is 10.2 Å². The number of anilines is 3. The van der Waals surface area contributed by atoms with Crippen molar-refractivity contribution in [1.82, 2.24) is 0 Å². The van der Waals surface area contributed by atoms with Crippen molar-refractivity contribution in [3.63, 3.8) is 0 Å². The van der Waals surface area contributed by atoms with E-state index in [1.54, 1.807) is 12.1 Å². The fourth-order valence-corrected chi connectivity index (χ4v) is 4.33. The van der Waals surface area contributed by atoms with Gasteiger partial charge >= 0.3 is 5.97 Å². The third kappa shape index (κ3) is 2.50. The maximum Gasteiger partial charge on any atom is 0.335 e. The van der Waals surface area contributed by atoms with Gasteiger partial charge in [-0.15, -0.1) is 0 Å². The minimum absolute atomic E-state index is 0.0189. The molecule has 0 unspecified atom stereocenters. The summed E-state index contributed by atoms with van der Waals surface area (Å²) in [7, 11) is 0. The van der Waals surface area contributed by atoms with Crippen LogP contribution in [0.15, 0.2) is 36.4 Å². The van der Waals surface area contributed by atoms with Crippen molar-refractivity contribution in [1.29, 1.82) is 0 Å². The lowest BCUT2D eigenvalue weighted by Gasteiger charge is -2.21. The molecule has 1 aliphatic carbocycles. The van der Waals surface area contributed by atoms with Crippen molar-refractivity contribution < 1.29 is 24.2 Å². The molecule has 2 aromatic rings. The number of nitrogens with one attached hydrogen (secondary N) is 1. The van der Waals surface area contributed by atoms with Crippen LogP contribution in [0.25, 0.3) is 0 Å². The van der Waals surface area contributed by atoms with Crippen LogP contribution in [-0.4, -0.2) is 35.2 Å². The molecule has 0 saturated heterocycles. The maximum atomic E-state index is 14.0. The van der Waals surface area contributed by atoms with Crippen LogP contribution in [0.1, 0.15) is 36.2 Å². The van der Waals surface area contributed by atoms with Gasteiger partial charge in [0, 0.05) is 12.2 Å². The van der Waals surface area contributed by atoms with Crippen molar-refractivity contribution >= 4 is 28.9 Å². The first-order chi connectivity index (χ1) is 13.2. The van der Waals surface area contributed by atoms with Crippen molar-refractivity contribution in [2.24, 2.45) is 5.41 Å². The molecule has 0 bridgehead atoms. The summed E-state index contributed by atoms with van der Waals surface area (Å²) in [5.41, 5.74) is 1.03. The van der Waals surface area contributed by atoms with E-state index >= 15 is 0 Å². The Balaban J connectivity index is 1.87. The first-order valence-electron chi connectivity index (χ1n) is 9.09. The lowest BCUT2D eigenvalue weighted by atomic mass is 9.89. The number of benzene rings is 2. The number of carboxylic acid groups (broad SMARTS) is 1. The van der Waals surface area contributed by atoms with Crippen molar-refractivity contribution in [3.05, 3.63) is 53.3 Å². The van der Waals surface area contributed by atoms with Crippen LogP contribution >= 0.6 is 0 Å². The van der Waals surface area contributed by atoms with Gasteiger partial charge in [0.2, 0.25) is 5.91 Å². The Morgan fingerprint density at radius 2 is 1.96 bits per heavy atom. The number of amides is 1. The van der Waals surface area contributed by atoms with E-state index in [0.717, 1.165) is 0 Å². The number of hydrogen-bond donors (Lipinski definition) is 3. The smallest absolute Gasteiger partial charge is 0.335 e. The molecule has 4 rings (SSSR count). The maximum absolute atomic E-state index is 14.0. The predicted molar refractivity (Wildman–Crippen MR) is 103 cm³/mol. The van der Waals surface area contributed by atoms with Crippen LogP contribution in [0, 0.1) is 11.2 Å². The van der Waals surface area contributed by atoms with Crippen molar-refractivity contribution in [3.8, 4) is 0 Å². The normalized spacial score (nSPS) is 21.7. The number of aliphatic hydroxyl groups is 1. The molecule has 146 valence electrons. The highest BCUT2D eigenvalue weighted by Crippen LogP contribution is 2.70. The molecule has 1 amide bonds. The number of halogens is 1. The molecule has 6 nitrogen and oxygen atoms in total. The Morgan fingerprint density at radius 3 is 2.57 bits per heavy atom. The Labute approximate surface area is 161 Å². The average molecular weight is 384 g/mol. The summed E-state index contributed by atoms with van der Waals surface area (Å²) in [5.74, 6) is -1.70. The first kappa shape index (κ1) is 18.4. The molecule has 1 saturated carbocycles. The van der Waals surface area contributed by atoms with Crippen LogP contribution in [0.5, 0.6) is 0 Å². The fourth-order valence-electron chi connectivity index (χ4n) is 4.33. The number of rotatable bonds is 5. The van der Waals surface area contributed by atoms with Gasteiger partial charge in [-0.25, -0.2) is 9.18 Å². The number of hydrogen-bond acceptors (Lipinski definition) is 4.